The topological polar surface area (TPSA) is 138 Å². The molecule has 3 N–H and O–H groups in total. The van der Waals surface area contributed by atoms with Crippen LogP contribution in [0.1, 0.15) is 18.4 Å². The van der Waals surface area contributed by atoms with Crippen LogP contribution in [0.25, 0.3) is 0 Å². The lowest BCUT2D eigenvalue weighted by molar-refractivity contribution is -0.139. The summed E-state index contributed by atoms with van der Waals surface area (Å²) in [6, 6.07) is 5.81. The van der Waals surface area contributed by atoms with E-state index in [4.69, 9.17) is 9.39 Å². The van der Waals surface area contributed by atoms with Crippen molar-refractivity contribution < 1.29 is 31.7 Å². The summed E-state index contributed by atoms with van der Waals surface area (Å²) in [5, 5.41) is 3.90. The van der Waals surface area contributed by atoms with Gasteiger partial charge < -0.3 is 10.2 Å². The zero-order valence-corrected chi connectivity index (χ0v) is 15.6. The third-order valence-electron chi connectivity index (χ3n) is 5.10. The molecule has 3 heterocycles. The Morgan fingerprint density at radius 3 is 2.86 bits per heavy atom. The Hall–Kier alpha value is -2.41. The third kappa shape index (κ3) is 3.76. The number of carbonyl (C=O) groups is 2. The Labute approximate surface area is 161 Å². The lowest BCUT2D eigenvalue weighted by atomic mass is 10.0. The van der Waals surface area contributed by atoms with E-state index in [2.05, 4.69) is 15.1 Å². The minimum Gasteiger partial charge on any atom is -0.379 e. The van der Waals surface area contributed by atoms with E-state index in [1.54, 1.807) is 0 Å². The average molecular weight is 412 g/mol. The normalized spacial score (nSPS) is 26.2. The predicted octanol–water partition coefficient (Wildman–Crippen LogP) is 0.0740. The third-order valence-corrected chi connectivity index (χ3v) is 5.45. The van der Waals surface area contributed by atoms with Crippen LogP contribution < -0.4 is 10.8 Å². The number of hydroxylamine groups is 3. The van der Waals surface area contributed by atoms with Crippen LogP contribution in [0, 0.1) is 0 Å². The molecule has 2 bridgehead atoms. The quantitative estimate of drug-likeness (QED) is 0.441. The summed E-state index contributed by atoms with van der Waals surface area (Å²) < 4.78 is 34.9. The first-order valence-corrected chi connectivity index (χ1v) is 10.2. The first kappa shape index (κ1) is 18.9. The largest absolute Gasteiger partial charge is 0.418 e. The summed E-state index contributed by atoms with van der Waals surface area (Å²) in [5.41, 5.74) is 4.60. The maximum atomic E-state index is 12.4. The van der Waals surface area contributed by atoms with Crippen LogP contribution in [0.4, 0.5) is 10.5 Å². The zero-order chi connectivity index (χ0) is 19.9. The fourth-order valence-corrected chi connectivity index (χ4v) is 4.25. The van der Waals surface area contributed by atoms with Gasteiger partial charge in [0.1, 0.15) is 6.04 Å². The van der Waals surface area contributed by atoms with Crippen molar-refractivity contribution in [3.63, 3.8) is 0 Å². The van der Waals surface area contributed by atoms with E-state index in [1.165, 1.54) is 10.5 Å². The van der Waals surface area contributed by atoms with Crippen molar-refractivity contribution in [3.05, 3.63) is 29.8 Å². The van der Waals surface area contributed by atoms with Gasteiger partial charge in [0.05, 0.1) is 18.7 Å². The highest BCUT2D eigenvalue weighted by Crippen LogP contribution is 2.30. The second-order valence-corrected chi connectivity index (χ2v) is 7.99. The Morgan fingerprint density at radius 1 is 1.32 bits per heavy atom. The van der Waals surface area contributed by atoms with E-state index in [9.17, 15) is 18.0 Å². The Balaban J connectivity index is 1.28. The molecule has 0 saturated carbocycles. The molecule has 11 nitrogen and oxygen atoms in total. The number of nitrogens with zero attached hydrogens (tertiary/aromatic N) is 2. The van der Waals surface area contributed by atoms with Crippen molar-refractivity contribution in [2.75, 3.05) is 18.5 Å². The zero-order valence-electron chi connectivity index (χ0n) is 14.8. The highest BCUT2D eigenvalue weighted by Gasteiger charge is 2.49. The number of nitrogens with one attached hydrogen (secondary N) is 2. The van der Waals surface area contributed by atoms with E-state index in [-0.39, 0.29) is 19.2 Å². The molecule has 152 valence electrons. The fraction of sp³-hybridized carbons (Fsp3) is 0.500. The number of benzene rings is 1. The lowest BCUT2D eigenvalue weighted by Crippen LogP contribution is -2.50. The van der Waals surface area contributed by atoms with E-state index < -0.39 is 34.4 Å². The molecule has 0 aromatic heterocycles. The van der Waals surface area contributed by atoms with Crippen LogP contribution in [0.3, 0.4) is 0 Å². The lowest BCUT2D eigenvalue weighted by Gasteiger charge is -2.29. The summed E-state index contributed by atoms with van der Waals surface area (Å²) in [5.74, 6) is -0.490. The van der Waals surface area contributed by atoms with Crippen LogP contribution in [0.2, 0.25) is 0 Å². The predicted molar refractivity (Wildman–Crippen MR) is 95.0 cm³/mol. The molecule has 3 unspecified atom stereocenters. The van der Waals surface area contributed by atoms with Gasteiger partial charge in [-0.05, 0) is 30.9 Å². The number of fused-ring (bicyclic) bond motifs is 3. The molecule has 2 fully saturated rings. The van der Waals surface area contributed by atoms with Crippen molar-refractivity contribution in [1.29, 1.82) is 0 Å². The van der Waals surface area contributed by atoms with Crippen LogP contribution in [0.15, 0.2) is 24.3 Å². The molecule has 1 aromatic carbocycles. The molecule has 3 aliphatic rings. The van der Waals surface area contributed by atoms with Gasteiger partial charge in [0.25, 0.3) is 5.91 Å². The summed E-state index contributed by atoms with van der Waals surface area (Å²) in [7, 11) is -4.82. The minimum atomic E-state index is -4.82. The summed E-state index contributed by atoms with van der Waals surface area (Å²) >= 11 is 0. The summed E-state index contributed by atoms with van der Waals surface area (Å²) in [6.45, 7) is 0.383. The van der Waals surface area contributed by atoms with Crippen LogP contribution in [-0.2, 0) is 30.7 Å². The van der Waals surface area contributed by atoms with Crippen molar-refractivity contribution in [1.82, 2.24) is 15.4 Å². The van der Waals surface area contributed by atoms with Crippen LogP contribution >= 0.6 is 0 Å². The average Bonchev–Trinajstić information content (AvgIpc) is 3.15. The Kier molecular flexibility index (Phi) is 4.87. The molecule has 0 aliphatic carbocycles. The number of urea groups is 1. The first-order valence-electron chi connectivity index (χ1n) is 8.85. The molecule has 0 radical (unpaired) electrons. The van der Waals surface area contributed by atoms with Gasteiger partial charge in [-0.1, -0.05) is 18.2 Å². The Morgan fingerprint density at radius 2 is 2.11 bits per heavy atom. The number of anilines is 1. The number of carbonyl (C=O) groups excluding carboxylic acids is 2. The maximum Gasteiger partial charge on any atom is 0.418 e. The van der Waals surface area contributed by atoms with Crippen molar-refractivity contribution in [3.8, 4) is 0 Å². The molecule has 0 spiro atoms. The second kappa shape index (κ2) is 7.20. The number of piperidine rings is 1. The molecular formula is C16H20N4O7S. The van der Waals surface area contributed by atoms with Gasteiger partial charge in [-0.3, -0.25) is 14.2 Å². The molecule has 4 rings (SSSR count). The Bertz CT molecular complexity index is 868. The number of hydrogen-bond donors (Lipinski definition) is 3. The molecule has 12 heteroatoms. The van der Waals surface area contributed by atoms with Gasteiger partial charge in [0.2, 0.25) is 0 Å². The second-order valence-electron chi connectivity index (χ2n) is 6.99. The molecule has 3 atom stereocenters. The van der Waals surface area contributed by atoms with E-state index in [0.717, 1.165) is 12.1 Å². The van der Waals surface area contributed by atoms with Crippen LogP contribution in [0.5, 0.6) is 0 Å². The van der Waals surface area contributed by atoms with Gasteiger partial charge in [-0.2, -0.15) is 13.5 Å². The molecule has 1 aromatic rings. The van der Waals surface area contributed by atoms with E-state index in [0.29, 0.717) is 17.9 Å². The minimum absolute atomic E-state index is 0.0282. The highest BCUT2D eigenvalue weighted by molar-refractivity contribution is 7.80. The summed E-state index contributed by atoms with van der Waals surface area (Å²) in [4.78, 5) is 31.3. The highest BCUT2D eigenvalue weighted by atomic mass is 32.3. The van der Waals surface area contributed by atoms with Crippen LogP contribution in [-0.4, -0.2) is 66.1 Å². The molecule has 3 aliphatic heterocycles. The van der Waals surface area contributed by atoms with E-state index >= 15 is 0 Å². The maximum absolute atomic E-state index is 12.4. The smallest absolute Gasteiger partial charge is 0.379 e. The fourth-order valence-electron chi connectivity index (χ4n) is 3.86. The van der Waals surface area contributed by atoms with Gasteiger partial charge >= 0.3 is 16.4 Å². The van der Waals surface area contributed by atoms with Gasteiger partial charge in [0.15, 0.2) is 0 Å². The van der Waals surface area contributed by atoms with Gasteiger partial charge in [0, 0.05) is 12.2 Å². The number of hydrogen-bond acceptors (Lipinski definition) is 7. The van der Waals surface area contributed by atoms with Gasteiger partial charge in [-0.15, -0.1) is 4.28 Å². The monoisotopic (exact) mass is 412 g/mol. The molecule has 3 amide bonds. The van der Waals surface area contributed by atoms with Crippen molar-refractivity contribution in [2.45, 2.75) is 37.4 Å². The van der Waals surface area contributed by atoms with Crippen molar-refractivity contribution >= 4 is 28.0 Å². The SMILES string of the molecule is O=C(NOCC1Cc2ccccc2N1)C1CCC2CN1C(=O)N2OS(=O)(=O)O. The number of rotatable bonds is 6. The standard InChI is InChI=1S/C16H20N4O7S/c21-15(18-26-9-11-7-10-3-1-2-4-13(10)17-11)14-6-5-12-8-19(14)16(22)20(12)27-28(23,24)25/h1-4,11-12,14,17H,5-9H2,(H,18,21)(H,23,24,25). The molecule has 28 heavy (non-hydrogen) atoms. The summed E-state index contributed by atoms with van der Waals surface area (Å²) in [6.07, 6.45) is 1.46. The van der Waals surface area contributed by atoms with E-state index in [1.807, 2.05) is 24.3 Å². The first-order chi connectivity index (χ1) is 13.3. The van der Waals surface area contributed by atoms with Gasteiger partial charge in [-0.25, -0.2) is 10.3 Å². The number of para-hydroxylation sites is 1. The van der Waals surface area contributed by atoms with Crippen molar-refractivity contribution in [2.24, 2.45) is 0 Å². The molecular weight excluding hydrogens is 392 g/mol. The number of amides is 3. The molecule has 2 saturated heterocycles.